The van der Waals surface area contributed by atoms with Crippen LogP contribution in [0.2, 0.25) is 0 Å². The lowest BCUT2D eigenvalue weighted by Crippen LogP contribution is -1.92. The molecule has 0 N–H and O–H groups in total. The van der Waals surface area contributed by atoms with Crippen LogP contribution in [-0.4, -0.2) is 13.3 Å². The van der Waals surface area contributed by atoms with E-state index in [0.717, 1.165) is 0 Å². The molecule has 0 atom stereocenters. The minimum absolute atomic E-state index is 0.0273. The van der Waals surface area contributed by atoms with E-state index in [1.54, 1.807) is 6.07 Å². The third kappa shape index (κ3) is 2.34. The minimum atomic E-state index is -2.99. The molecule has 0 bridgehead atoms. The molecule has 0 spiro atoms. The minimum Gasteiger partial charge on any atom is -0.384 e. The van der Waals surface area contributed by atoms with Gasteiger partial charge in [-0.3, -0.25) is 10.1 Å². The van der Waals surface area contributed by atoms with Crippen LogP contribution in [0, 0.1) is 10.1 Å². The van der Waals surface area contributed by atoms with Crippen molar-refractivity contribution in [1.82, 2.24) is 0 Å². The number of thiol groups is 1. The van der Waals surface area contributed by atoms with Crippen LogP contribution >= 0.6 is 0 Å². The molecule has 6 nitrogen and oxygen atoms in total. The molecule has 0 unspecified atom stereocenters. The van der Waals surface area contributed by atoms with Gasteiger partial charge in [-0.05, 0) is 23.6 Å². The summed E-state index contributed by atoms with van der Waals surface area (Å²) < 4.78 is 25.3. The molecule has 2 aromatic rings. The second-order valence-electron chi connectivity index (χ2n) is 3.23. The first-order chi connectivity index (χ1) is 8.08. The Morgan fingerprint density at radius 2 is 1.94 bits per heavy atom. The van der Waals surface area contributed by atoms with Crippen molar-refractivity contribution < 1.29 is 17.5 Å². The fourth-order valence-corrected chi connectivity index (χ4v) is 1.83. The largest absolute Gasteiger partial charge is 0.384 e. The lowest BCUT2D eigenvalue weighted by molar-refractivity contribution is -0.383. The van der Waals surface area contributed by atoms with Crippen LogP contribution < -0.4 is 4.18 Å². The highest BCUT2D eigenvalue weighted by Gasteiger charge is 2.11. The van der Waals surface area contributed by atoms with Gasteiger partial charge in [-0.1, -0.05) is 12.1 Å². The lowest BCUT2D eigenvalue weighted by atomic mass is 10.1. The van der Waals surface area contributed by atoms with Gasteiger partial charge in [0.25, 0.3) is 16.7 Å². The van der Waals surface area contributed by atoms with E-state index in [2.05, 4.69) is 4.18 Å². The molecule has 2 aromatic carbocycles. The number of hydrogen-bond donors (Lipinski definition) is 1. The average molecular weight is 253 g/mol. The molecule has 0 aromatic heterocycles. The van der Waals surface area contributed by atoms with E-state index in [9.17, 15) is 18.5 Å². The summed E-state index contributed by atoms with van der Waals surface area (Å²) in [6, 6.07) is 8.83. The SMILES string of the molecule is O=[N+]([O-])c1cccc2cc(O[SH](=O)=O)ccc12. The predicted molar refractivity (Wildman–Crippen MR) is 61.5 cm³/mol. The third-order valence-electron chi connectivity index (χ3n) is 2.21. The molecule has 0 aliphatic heterocycles. The molecule has 17 heavy (non-hydrogen) atoms. The van der Waals surface area contributed by atoms with Crippen LogP contribution in [0.5, 0.6) is 5.75 Å². The Kier molecular flexibility index (Phi) is 2.92. The zero-order valence-electron chi connectivity index (χ0n) is 8.40. The van der Waals surface area contributed by atoms with E-state index < -0.39 is 15.9 Å². The standard InChI is InChI=1S/C10H7NO5S/c12-11(13)10-3-1-2-7-6-8(16-17(14)15)4-5-9(7)10/h1-6,17H. The molecule has 0 saturated heterocycles. The molecule has 0 aliphatic carbocycles. The van der Waals surface area contributed by atoms with Gasteiger partial charge in [0.05, 0.1) is 10.3 Å². The Bertz CT molecular complexity index is 657. The normalized spacial score (nSPS) is 10.6. The van der Waals surface area contributed by atoms with Crippen molar-refractivity contribution in [3.05, 3.63) is 46.5 Å². The predicted octanol–water partition coefficient (Wildman–Crippen LogP) is 1.65. The topological polar surface area (TPSA) is 86.5 Å². The first kappa shape index (κ1) is 11.3. The van der Waals surface area contributed by atoms with Crippen molar-refractivity contribution in [2.24, 2.45) is 0 Å². The van der Waals surface area contributed by atoms with Crippen LogP contribution in [0.25, 0.3) is 10.8 Å². The summed E-state index contributed by atoms with van der Waals surface area (Å²) in [5.74, 6) is 0.133. The fourth-order valence-electron chi connectivity index (χ4n) is 1.55. The number of fused-ring (bicyclic) bond motifs is 1. The van der Waals surface area contributed by atoms with E-state index in [4.69, 9.17) is 0 Å². The highest BCUT2D eigenvalue weighted by atomic mass is 32.2. The Morgan fingerprint density at radius 3 is 2.59 bits per heavy atom. The highest BCUT2D eigenvalue weighted by Crippen LogP contribution is 2.28. The second kappa shape index (κ2) is 4.38. The molecule has 2 rings (SSSR count). The van der Waals surface area contributed by atoms with Gasteiger partial charge in [0.1, 0.15) is 5.75 Å². The van der Waals surface area contributed by atoms with Crippen LogP contribution in [0.1, 0.15) is 0 Å². The summed E-state index contributed by atoms with van der Waals surface area (Å²) in [6.07, 6.45) is 0. The Morgan fingerprint density at radius 1 is 1.18 bits per heavy atom. The maximum Gasteiger partial charge on any atom is 0.299 e. The van der Waals surface area contributed by atoms with Gasteiger partial charge in [-0.2, -0.15) is 8.42 Å². The zero-order chi connectivity index (χ0) is 12.4. The summed E-state index contributed by atoms with van der Waals surface area (Å²) in [5.41, 5.74) is -0.0273. The molecule has 0 saturated carbocycles. The van der Waals surface area contributed by atoms with Crippen LogP contribution in [0.15, 0.2) is 36.4 Å². The third-order valence-corrected chi connectivity index (χ3v) is 2.57. The van der Waals surface area contributed by atoms with E-state index in [1.807, 2.05) is 0 Å². The van der Waals surface area contributed by atoms with Crippen molar-refractivity contribution >= 4 is 27.4 Å². The summed E-state index contributed by atoms with van der Waals surface area (Å²) >= 11 is 0. The monoisotopic (exact) mass is 253 g/mol. The van der Waals surface area contributed by atoms with E-state index in [-0.39, 0.29) is 11.4 Å². The van der Waals surface area contributed by atoms with Crippen molar-refractivity contribution in [3.63, 3.8) is 0 Å². The number of nitro benzene ring substituents is 1. The first-order valence-corrected chi connectivity index (χ1v) is 5.67. The molecule has 0 heterocycles. The summed E-state index contributed by atoms with van der Waals surface area (Å²) in [5, 5.41) is 11.7. The second-order valence-corrected chi connectivity index (χ2v) is 3.86. The number of nitro groups is 1. The number of rotatable bonds is 3. The Balaban J connectivity index is 2.60. The van der Waals surface area contributed by atoms with Crippen LogP contribution in [-0.2, 0) is 11.0 Å². The average Bonchev–Trinajstić information content (AvgIpc) is 2.26. The number of non-ortho nitro benzene ring substituents is 1. The lowest BCUT2D eigenvalue weighted by Gasteiger charge is -2.01. The molecule has 0 fully saturated rings. The van der Waals surface area contributed by atoms with E-state index in [0.29, 0.717) is 10.8 Å². The number of nitrogens with zero attached hydrogens (tertiary/aromatic N) is 1. The molecule has 0 amide bonds. The zero-order valence-corrected chi connectivity index (χ0v) is 9.29. The molecule has 88 valence electrons. The molecular formula is C10H7NO5S. The number of benzene rings is 2. The summed E-state index contributed by atoms with van der Waals surface area (Å²) in [7, 11) is -2.99. The van der Waals surface area contributed by atoms with Crippen molar-refractivity contribution in [3.8, 4) is 5.75 Å². The summed E-state index contributed by atoms with van der Waals surface area (Å²) in [6.45, 7) is 0. The molecule has 7 heteroatoms. The fraction of sp³-hybridized carbons (Fsp3) is 0. The van der Waals surface area contributed by atoms with Crippen molar-refractivity contribution in [2.45, 2.75) is 0 Å². The first-order valence-electron chi connectivity index (χ1n) is 4.57. The van der Waals surface area contributed by atoms with Gasteiger partial charge in [0.15, 0.2) is 0 Å². The smallest absolute Gasteiger partial charge is 0.299 e. The molecular weight excluding hydrogens is 246 g/mol. The Hall–Kier alpha value is -2.15. The maximum atomic E-state index is 10.8. The van der Waals surface area contributed by atoms with E-state index >= 15 is 0 Å². The van der Waals surface area contributed by atoms with Gasteiger partial charge in [0, 0.05) is 6.07 Å². The van der Waals surface area contributed by atoms with Crippen LogP contribution in [0.4, 0.5) is 5.69 Å². The number of hydrogen-bond acceptors (Lipinski definition) is 5. The molecule has 0 radical (unpaired) electrons. The van der Waals surface area contributed by atoms with E-state index in [1.165, 1.54) is 30.3 Å². The Labute approximate surface area is 97.7 Å². The van der Waals surface area contributed by atoms with Crippen LogP contribution in [0.3, 0.4) is 0 Å². The van der Waals surface area contributed by atoms with Gasteiger partial charge in [0.2, 0.25) is 0 Å². The van der Waals surface area contributed by atoms with Gasteiger partial charge in [-0.15, -0.1) is 0 Å². The molecule has 0 aliphatic rings. The van der Waals surface area contributed by atoms with Crippen molar-refractivity contribution in [1.29, 1.82) is 0 Å². The highest BCUT2D eigenvalue weighted by molar-refractivity contribution is 7.67. The van der Waals surface area contributed by atoms with Crippen molar-refractivity contribution in [2.75, 3.05) is 0 Å². The van der Waals surface area contributed by atoms with Gasteiger partial charge in [-0.25, -0.2) is 0 Å². The quantitative estimate of drug-likeness (QED) is 0.510. The maximum absolute atomic E-state index is 10.8. The van der Waals surface area contributed by atoms with Gasteiger partial charge >= 0.3 is 0 Å². The summed E-state index contributed by atoms with van der Waals surface area (Å²) in [4.78, 5) is 10.3. The van der Waals surface area contributed by atoms with Gasteiger partial charge < -0.3 is 4.18 Å².